The molecule has 0 aliphatic carbocycles. The maximum absolute atomic E-state index is 12.6. The predicted octanol–water partition coefficient (Wildman–Crippen LogP) is 3.56. The normalized spacial score (nSPS) is 19.5. The highest BCUT2D eigenvalue weighted by Crippen LogP contribution is 2.26. The lowest BCUT2D eigenvalue weighted by molar-refractivity contribution is -0.134. The molecule has 1 aliphatic heterocycles. The molecule has 0 spiro atoms. The minimum atomic E-state index is 0. The summed E-state index contributed by atoms with van der Waals surface area (Å²) < 4.78 is 0. The standard InChI is InChI=1S/C16H27N3OS.2ClH/c1-11(17)13-7-5-6-8-19(13)14(20)9-12-10-21-15(18-12)16(2,3)4;;/h10-11,13H,5-9,17H2,1-4H3;2*1H. The Hall–Kier alpha value is -0.360. The lowest BCUT2D eigenvalue weighted by Crippen LogP contribution is -2.52. The summed E-state index contributed by atoms with van der Waals surface area (Å²) in [4.78, 5) is 19.2. The van der Waals surface area contributed by atoms with Crippen molar-refractivity contribution in [2.24, 2.45) is 5.73 Å². The van der Waals surface area contributed by atoms with Crippen molar-refractivity contribution in [3.8, 4) is 0 Å². The summed E-state index contributed by atoms with van der Waals surface area (Å²) in [7, 11) is 0. The zero-order valence-corrected chi connectivity index (χ0v) is 16.8. The third-order valence-corrected chi connectivity index (χ3v) is 5.32. The first-order valence-corrected chi connectivity index (χ1v) is 8.67. The number of rotatable bonds is 3. The van der Waals surface area contributed by atoms with Gasteiger partial charge < -0.3 is 10.6 Å². The number of thiazole rings is 1. The summed E-state index contributed by atoms with van der Waals surface area (Å²) >= 11 is 1.65. The van der Waals surface area contributed by atoms with Crippen LogP contribution in [0, 0.1) is 0 Å². The predicted molar refractivity (Wildman–Crippen MR) is 102 cm³/mol. The van der Waals surface area contributed by atoms with Crippen LogP contribution in [-0.4, -0.2) is 34.4 Å². The molecule has 0 saturated carbocycles. The van der Waals surface area contributed by atoms with E-state index in [1.165, 1.54) is 6.42 Å². The number of likely N-dealkylation sites (tertiary alicyclic amines) is 1. The van der Waals surface area contributed by atoms with Crippen molar-refractivity contribution in [1.29, 1.82) is 0 Å². The van der Waals surface area contributed by atoms with Crippen LogP contribution in [0.3, 0.4) is 0 Å². The van der Waals surface area contributed by atoms with E-state index < -0.39 is 0 Å². The summed E-state index contributed by atoms with van der Waals surface area (Å²) in [6.45, 7) is 9.27. The van der Waals surface area contributed by atoms with Gasteiger partial charge in [0.15, 0.2) is 0 Å². The smallest absolute Gasteiger partial charge is 0.228 e. The van der Waals surface area contributed by atoms with Crippen LogP contribution in [-0.2, 0) is 16.6 Å². The number of amides is 1. The molecule has 0 bridgehead atoms. The molecule has 2 heterocycles. The second-order valence-corrected chi connectivity index (χ2v) is 7.94. The van der Waals surface area contributed by atoms with Crippen LogP contribution in [0.4, 0.5) is 0 Å². The number of halogens is 2. The second kappa shape index (κ2) is 9.21. The Morgan fingerprint density at radius 2 is 2.09 bits per heavy atom. The van der Waals surface area contributed by atoms with Crippen LogP contribution < -0.4 is 5.73 Å². The number of carbonyl (C=O) groups excluding carboxylic acids is 1. The van der Waals surface area contributed by atoms with Crippen molar-refractivity contribution in [3.63, 3.8) is 0 Å². The maximum Gasteiger partial charge on any atom is 0.228 e. The van der Waals surface area contributed by atoms with Gasteiger partial charge in [-0.2, -0.15) is 0 Å². The highest BCUT2D eigenvalue weighted by atomic mass is 35.5. The van der Waals surface area contributed by atoms with E-state index in [4.69, 9.17) is 5.73 Å². The Kier molecular flexibility index (Phi) is 9.06. The fraction of sp³-hybridized carbons (Fsp3) is 0.750. The first-order chi connectivity index (χ1) is 9.79. The lowest BCUT2D eigenvalue weighted by atomic mass is 9.96. The van der Waals surface area contributed by atoms with Crippen molar-refractivity contribution in [1.82, 2.24) is 9.88 Å². The van der Waals surface area contributed by atoms with Gasteiger partial charge in [-0.15, -0.1) is 36.2 Å². The zero-order chi connectivity index (χ0) is 15.6. The molecule has 0 radical (unpaired) electrons. The molecule has 2 atom stereocenters. The van der Waals surface area contributed by atoms with Gasteiger partial charge in [-0.05, 0) is 26.2 Å². The van der Waals surface area contributed by atoms with Gasteiger partial charge >= 0.3 is 0 Å². The summed E-state index contributed by atoms with van der Waals surface area (Å²) in [5, 5.41) is 3.11. The third kappa shape index (κ3) is 5.89. The van der Waals surface area contributed by atoms with E-state index in [-0.39, 0.29) is 48.2 Å². The van der Waals surface area contributed by atoms with E-state index in [9.17, 15) is 4.79 Å². The van der Waals surface area contributed by atoms with Crippen LogP contribution in [0.5, 0.6) is 0 Å². The van der Waals surface area contributed by atoms with Crippen molar-refractivity contribution in [3.05, 3.63) is 16.1 Å². The highest BCUT2D eigenvalue weighted by molar-refractivity contribution is 7.09. The topological polar surface area (TPSA) is 59.2 Å². The fourth-order valence-electron chi connectivity index (χ4n) is 2.80. The van der Waals surface area contributed by atoms with E-state index in [0.29, 0.717) is 6.42 Å². The number of hydrogen-bond acceptors (Lipinski definition) is 4. The Balaban J connectivity index is 0.00000242. The van der Waals surface area contributed by atoms with Crippen molar-refractivity contribution < 1.29 is 4.79 Å². The van der Waals surface area contributed by atoms with Gasteiger partial charge in [0.2, 0.25) is 5.91 Å². The van der Waals surface area contributed by atoms with Gasteiger partial charge in [-0.3, -0.25) is 4.79 Å². The van der Waals surface area contributed by atoms with E-state index in [0.717, 1.165) is 30.1 Å². The van der Waals surface area contributed by atoms with Crippen LogP contribution in [0.15, 0.2) is 5.38 Å². The number of aromatic nitrogens is 1. The molecule has 1 aliphatic rings. The SMILES string of the molecule is CC(N)C1CCCCN1C(=O)Cc1csc(C(C)(C)C)n1.Cl.Cl. The van der Waals surface area contributed by atoms with Crippen molar-refractivity contribution >= 4 is 42.1 Å². The van der Waals surface area contributed by atoms with Gasteiger partial charge in [0, 0.05) is 29.4 Å². The molecule has 134 valence electrons. The molecule has 2 N–H and O–H groups in total. The van der Waals surface area contributed by atoms with Crippen molar-refractivity contribution in [2.45, 2.75) is 70.9 Å². The molecule has 2 unspecified atom stereocenters. The number of nitrogens with zero attached hydrogens (tertiary/aromatic N) is 2. The highest BCUT2D eigenvalue weighted by Gasteiger charge is 2.29. The number of hydrogen-bond donors (Lipinski definition) is 1. The Morgan fingerprint density at radius 1 is 1.43 bits per heavy atom. The first kappa shape index (κ1) is 22.6. The summed E-state index contributed by atoms with van der Waals surface area (Å²) in [6.07, 6.45) is 3.67. The molecule has 1 aromatic rings. The monoisotopic (exact) mass is 381 g/mol. The molecule has 7 heteroatoms. The van der Waals surface area contributed by atoms with Crippen LogP contribution in [0.2, 0.25) is 0 Å². The molecular weight excluding hydrogens is 353 g/mol. The fourth-order valence-corrected chi connectivity index (χ4v) is 3.71. The second-order valence-electron chi connectivity index (χ2n) is 7.08. The first-order valence-electron chi connectivity index (χ1n) is 7.79. The average Bonchev–Trinajstić information content (AvgIpc) is 2.87. The lowest BCUT2D eigenvalue weighted by Gasteiger charge is -2.38. The van der Waals surface area contributed by atoms with E-state index in [1.807, 2.05) is 17.2 Å². The molecular formula is C16H29Cl2N3OS. The minimum absolute atomic E-state index is 0. The number of nitrogens with two attached hydrogens (primary N) is 1. The Morgan fingerprint density at radius 3 is 2.61 bits per heavy atom. The molecule has 1 fully saturated rings. The molecule has 1 aromatic heterocycles. The van der Waals surface area contributed by atoms with Crippen LogP contribution >= 0.6 is 36.2 Å². The van der Waals surface area contributed by atoms with E-state index >= 15 is 0 Å². The Labute approximate surface area is 156 Å². The number of piperidine rings is 1. The van der Waals surface area contributed by atoms with Gasteiger partial charge in [0.1, 0.15) is 0 Å². The van der Waals surface area contributed by atoms with Gasteiger partial charge in [0.05, 0.1) is 17.1 Å². The third-order valence-electron chi connectivity index (χ3n) is 4.00. The molecule has 23 heavy (non-hydrogen) atoms. The van der Waals surface area contributed by atoms with E-state index in [1.54, 1.807) is 11.3 Å². The summed E-state index contributed by atoms with van der Waals surface area (Å²) in [5.41, 5.74) is 6.98. The van der Waals surface area contributed by atoms with Crippen LogP contribution in [0.1, 0.15) is 57.7 Å². The minimum Gasteiger partial charge on any atom is -0.338 e. The largest absolute Gasteiger partial charge is 0.338 e. The molecule has 1 amide bonds. The van der Waals surface area contributed by atoms with Gasteiger partial charge in [-0.1, -0.05) is 20.8 Å². The Bertz CT molecular complexity index is 500. The number of carbonyl (C=O) groups is 1. The van der Waals surface area contributed by atoms with Crippen LogP contribution in [0.25, 0.3) is 0 Å². The molecule has 0 aromatic carbocycles. The zero-order valence-electron chi connectivity index (χ0n) is 14.4. The molecule has 4 nitrogen and oxygen atoms in total. The summed E-state index contributed by atoms with van der Waals surface area (Å²) in [6, 6.07) is 0.224. The molecule has 2 rings (SSSR count). The maximum atomic E-state index is 12.6. The van der Waals surface area contributed by atoms with E-state index in [2.05, 4.69) is 25.8 Å². The van der Waals surface area contributed by atoms with Crippen molar-refractivity contribution in [2.75, 3.05) is 6.54 Å². The quantitative estimate of drug-likeness (QED) is 0.870. The average molecular weight is 382 g/mol. The summed E-state index contributed by atoms with van der Waals surface area (Å²) in [5.74, 6) is 0.169. The molecule has 1 saturated heterocycles. The van der Waals surface area contributed by atoms with Gasteiger partial charge in [-0.25, -0.2) is 4.98 Å². The van der Waals surface area contributed by atoms with Gasteiger partial charge in [0.25, 0.3) is 0 Å².